The van der Waals surface area contributed by atoms with Crippen molar-refractivity contribution in [2.24, 2.45) is 0 Å². The van der Waals surface area contributed by atoms with Crippen LogP contribution in [-0.4, -0.2) is 8.07 Å². The lowest BCUT2D eigenvalue weighted by atomic mass is 10.2. The predicted molar refractivity (Wildman–Crippen MR) is 91.9 cm³/mol. The van der Waals surface area contributed by atoms with E-state index in [2.05, 4.69) is 72.9 Å². The van der Waals surface area contributed by atoms with Gasteiger partial charge >= 0.3 is 0 Å². The predicted octanol–water partition coefficient (Wildman–Crippen LogP) is 5.91. The Morgan fingerprint density at radius 2 is 1.25 bits per heavy atom. The Balaban J connectivity index is 2.62. The third-order valence-electron chi connectivity index (χ3n) is 4.30. The highest BCUT2D eigenvalue weighted by Crippen LogP contribution is 2.59. The second-order valence-corrected chi connectivity index (χ2v) is 14.9. The highest BCUT2D eigenvalue weighted by molar-refractivity contribution is 14.1. The summed E-state index contributed by atoms with van der Waals surface area (Å²) in [5.74, 6) is 0. The molecule has 16 heavy (non-hydrogen) atoms. The zero-order valence-corrected chi connectivity index (χ0v) is 15.8. The lowest BCUT2D eigenvalue weighted by Crippen LogP contribution is -2.41. The highest BCUT2D eigenvalue weighted by atomic mass is 127. The van der Waals surface area contributed by atoms with Crippen LogP contribution in [0.1, 0.15) is 47.0 Å². The van der Waals surface area contributed by atoms with Crippen LogP contribution >= 0.6 is 45.2 Å². The molecule has 0 aromatic heterocycles. The third kappa shape index (κ3) is 1.63. The minimum atomic E-state index is -1.36. The van der Waals surface area contributed by atoms with E-state index in [1.807, 2.05) is 0 Å². The van der Waals surface area contributed by atoms with Crippen molar-refractivity contribution in [2.75, 3.05) is 0 Å². The normalized spacial score (nSPS) is 24.0. The van der Waals surface area contributed by atoms with E-state index in [1.54, 1.807) is 17.6 Å². The molecule has 0 unspecified atom stereocenters. The molecule has 0 radical (unpaired) electrons. The van der Waals surface area contributed by atoms with Crippen LogP contribution in [0.5, 0.6) is 0 Å². The maximum atomic E-state index is 2.70. The molecule has 0 aromatic rings. The van der Waals surface area contributed by atoms with Crippen LogP contribution in [0.15, 0.2) is 17.6 Å². The topological polar surface area (TPSA) is 0 Å². The average Bonchev–Trinajstić information content (AvgIpc) is 2.70. The molecular formula is C13H20I2Si. The van der Waals surface area contributed by atoms with E-state index in [1.165, 1.54) is 19.3 Å². The molecule has 1 aliphatic heterocycles. The number of rotatable bonds is 2. The quantitative estimate of drug-likeness (QED) is 0.357. The summed E-state index contributed by atoms with van der Waals surface area (Å²) >= 11 is 5.41. The summed E-state index contributed by atoms with van der Waals surface area (Å²) in [5.41, 5.74) is 5.21. The van der Waals surface area contributed by atoms with Crippen molar-refractivity contribution in [1.29, 1.82) is 0 Å². The first-order chi connectivity index (χ1) is 7.44. The molecule has 1 aliphatic carbocycles. The molecule has 0 bridgehead atoms. The van der Waals surface area contributed by atoms with Gasteiger partial charge in [0, 0.05) is 0 Å². The molecule has 0 aromatic carbocycles. The SMILES string of the molecule is CC(C)[Si]1(C(C)C)C(I)=C2CCCC2=C1I. The third-order valence-corrected chi connectivity index (χ3v) is 16.7. The molecule has 2 rings (SSSR count). The summed E-state index contributed by atoms with van der Waals surface area (Å²) in [5, 5.41) is 0. The van der Waals surface area contributed by atoms with Gasteiger partial charge in [0.1, 0.15) is 8.07 Å². The van der Waals surface area contributed by atoms with Crippen molar-refractivity contribution in [3.05, 3.63) is 17.6 Å². The van der Waals surface area contributed by atoms with Gasteiger partial charge in [0.15, 0.2) is 0 Å². The molecule has 0 nitrogen and oxygen atoms in total. The molecule has 3 heteroatoms. The summed E-state index contributed by atoms with van der Waals surface area (Å²) < 4.78 is 3.60. The second kappa shape index (κ2) is 4.68. The van der Waals surface area contributed by atoms with Gasteiger partial charge in [0.25, 0.3) is 0 Å². The zero-order valence-electron chi connectivity index (χ0n) is 10.5. The Morgan fingerprint density at radius 3 is 1.56 bits per heavy atom. The fraction of sp³-hybridized carbons (Fsp3) is 0.692. The fourth-order valence-electron chi connectivity index (χ4n) is 3.50. The van der Waals surface area contributed by atoms with Gasteiger partial charge in [-0.25, -0.2) is 0 Å². The van der Waals surface area contributed by atoms with E-state index >= 15 is 0 Å². The lowest BCUT2D eigenvalue weighted by molar-refractivity contribution is 0.907. The van der Waals surface area contributed by atoms with Crippen molar-refractivity contribution >= 4 is 53.3 Å². The van der Waals surface area contributed by atoms with Crippen LogP contribution in [0.4, 0.5) is 0 Å². The van der Waals surface area contributed by atoms with E-state index in [0.29, 0.717) is 0 Å². The van der Waals surface area contributed by atoms with Crippen LogP contribution in [-0.2, 0) is 0 Å². The summed E-state index contributed by atoms with van der Waals surface area (Å²) in [6.07, 6.45) is 4.10. The minimum Gasteiger partial charge on any atom is -0.0645 e. The molecule has 90 valence electrons. The highest BCUT2D eigenvalue weighted by Gasteiger charge is 2.52. The van der Waals surface area contributed by atoms with Gasteiger partial charge in [-0.2, -0.15) is 0 Å². The van der Waals surface area contributed by atoms with Crippen LogP contribution in [0.2, 0.25) is 11.1 Å². The van der Waals surface area contributed by atoms with Crippen molar-refractivity contribution in [1.82, 2.24) is 0 Å². The maximum Gasteiger partial charge on any atom is 0.139 e. The number of halogens is 2. The van der Waals surface area contributed by atoms with E-state index < -0.39 is 8.07 Å². The van der Waals surface area contributed by atoms with Gasteiger partial charge < -0.3 is 0 Å². The fourth-order valence-corrected chi connectivity index (χ4v) is 20.4. The van der Waals surface area contributed by atoms with E-state index in [4.69, 9.17) is 0 Å². The standard InChI is InChI=1S/C13H20I2Si/c1-8(2)16(9(3)4)12(14)10-6-5-7-11(10)13(16)15/h8-9H,5-7H2,1-4H3. The van der Waals surface area contributed by atoms with Crippen molar-refractivity contribution < 1.29 is 0 Å². The van der Waals surface area contributed by atoms with Crippen molar-refractivity contribution in [2.45, 2.75) is 58.0 Å². The number of hydrogen-bond acceptors (Lipinski definition) is 0. The molecule has 1 fully saturated rings. The molecule has 1 saturated carbocycles. The van der Waals surface area contributed by atoms with Crippen molar-refractivity contribution in [3.8, 4) is 0 Å². The van der Waals surface area contributed by atoms with Gasteiger partial charge in [-0.3, -0.25) is 0 Å². The van der Waals surface area contributed by atoms with Gasteiger partial charge in [-0.1, -0.05) is 72.9 Å². The summed E-state index contributed by atoms with van der Waals surface area (Å²) in [6, 6.07) is 0. The van der Waals surface area contributed by atoms with Crippen LogP contribution < -0.4 is 0 Å². The zero-order chi connectivity index (χ0) is 12.1. The monoisotopic (exact) mass is 458 g/mol. The first-order valence-corrected chi connectivity index (χ1v) is 10.5. The Hall–Kier alpha value is 1.16. The van der Waals surface area contributed by atoms with Crippen molar-refractivity contribution in [3.63, 3.8) is 0 Å². The minimum absolute atomic E-state index is 0.844. The molecule has 2 aliphatic rings. The maximum absolute atomic E-state index is 2.70. The molecule has 0 saturated heterocycles. The summed E-state index contributed by atoms with van der Waals surface area (Å²) in [6.45, 7) is 9.80. The smallest absolute Gasteiger partial charge is 0.0645 e. The molecule has 0 atom stereocenters. The first kappa shape index (κ1) is 13.6. The van der Waals surface area contributed by atoms with Crippen LogP contribution in [0.3, 0.4) is 0 Å². The van der Waals surface area contributed by atoms with E-state index in [-0.39, 0.29) is 0 Å². The molecule has 1 heterocycles. The number of fused-ring (bicyclic) bond motifs is 1. The Morgan fingerprint density at radius 1 is 0.875 bits per heavy atom. The Kier molecular flexibility index (Phi) is 3.98. The van der Waals surface area contributed by atoms with E-state index in [0.717, 1.165) is 11.1 Å². The molecule has 0 amide bonds. The van der Waals surface area contributed by atoms with E-state index in [9.17, 15) is 0 Å². The van der Waals surface area contributed by atoms with Gasteiger partial charge in [0.2, 0.25) is 0 Å². The second-order valence-electron chi connectivity index (χ2n) is 5.62. The van der Waals surface area contributed by atoms with Gasteiger partial charge in [-0.15, -0.1) is 0 Å². The average molecular weight is 458 g/mol. The summed E-state index contributed by atoms with van der Waals surface area (Å²) in [4.78, 5) is 0. The number of hydrogen-bond donors (Lipinski definition) is 0. The molecular weight excluding hydrogens is 438 g/mol. The summed E-state index contributed by atoms with van der Waals surface area (Å²) in [7, 11) is -1.36. The van der Waals surface area contributed by atoms with Gasteiger partial charge in [0.05, 0.1) is 0 Å². The number of allylic oxidation sites excluding steroid dienone is 2. The molecule has 0 spiro atoms. The first-order valence-electron chi connectivity index (χ1n) is 6.22. The van der Waals surface area contributed by atoms with Gasteiger partial charge in [-0.05, 0) is 47.9 Å². The van der Waals surface area contributed by atoms with Crippen LogP contribution in [0, 0.1) is 0 Å². The Labute approximate surface area is 128 Å². The molecule has 0 N–H and O–H groups in total. The van der Waals surface area contributed by atoms with Crippen LogP contribution in [0.25, 0.3) is 0 Å². The Bertz CT molecular complexity index is 341. The largest absolute Gasteiger partial charge is 0.139 e. The lowest BCUT2D eigenvalue weighted by Gasteiger charge is -2.37.